The lowest BCUT2D eigenvalue weighted by Gasteiger charge is -2.23. The number of fused-ring (bicyclic) bond motifs is 1. The molecule has 96 valence electrons. The second-order valence-corrected chi connectivity index (χ2v) is 7.78. The first kappa shape index (κ1) is 13.8. The minimum absolute atomic E-state index is 0.334. The molecule has 1 unspecified atom stereocenters. The zero-order chi connectivity index (χ0) is 12.3. The van der Waals surface area contributed by atoms with Crippen LogP contribution in [0.15, 0.2) is 6.07 Å². The predicted molar refractivity (Wildman–Crippen MR) is 81.8 cm³/mol. The fourth-order valence-corrected chi connectivity index (χ4v) is 4.38. The molecule has 0 fully saturated rings. The van der Waals surface area contributed by atoms with Crippen molar-refractivity contribution in [2.75, 3.05) is 13.2 Å². The van der Waals surface area contributed by atoms with Crippen LogP contribution in [0.25, 0.3) is 0 Å². The van der Waals surface area contributed by atoms with E-state index in [2.05, 4.69) is 47.8 Å². The number of aryl methyl sites for hydroxylation is 1. The summed E-state index contributed by atoms with van der Waals surface area (Å²) in [6.07, 6.45) is 4.18. The molecule has 2 nitrogen and oxygen atoms in total. The van der Waals surface area contributed by atoms with Gasteiger partial charge in [-0.3, -0.25) is 0 Å². The summed E-state index contributed by atoms with van der Waals surface area (Å²) < 4.78 is 6.98. The minimum atomic E-state index is 0.334. The monoisotopic (exact) mass is 365 g/mol. The zero-order valence-electron chi connectivity index (χ0n) is 10.5. The molecule has 2 rings (SSSR count). The Kier molecular flexibility index (Phi) is 5.26. The van der Waals surface area contributed by atoms with Crippen LogP contribution in [-0.4, -0.2) is 19.3 Å². The Hall–Kier alpha value is 0.350. The molecule has 1 aromatic rings. The fourth-order valence-electron chi connectivity index (χ4n) is 2.26. The highest BCUT2D eigenvalue weighted by Gasteiger charge is 2.21. The van der Waals surface area contributed by atoms with Crippen LogP contribution in [0.3, 0.4) is 0 Å². The summed E-state index contributed by atoms with van der Waals surface area (Å²) in [6, 6.07) is 2.90. The van der Waals surface area contributed by atoms with Crippen LogP contribution in [0.2, 0.25) is 0 Å². The van der Waals surface area contributed by atoms with E-state index in [4.69, 9.17) is 4.74 Å². The summed E-state index contributed by atoms with van der Waals surface area (Å²) in [5.41, 5.74) is 1.54. The summed E-state index contributed by atoms with van der Waals surface area (Å²) in [5.74, 6) is 0. The molecule has 1 N–H and O–H groups in total. The van der Waals surface area contributed by atoms with Crippen molar-refractivity contribution in [1.82, 2.24) is 5.32 Å². The van der Waals surface area contributed by atoms with Gasteiger partial charge in [-0.2, -0.15) is 0 Å². The van der Waals surface area contributed by atoms with Gasteiger partial charge in [0.15, 0.2) is 0 Å². The van der Waals surface area contributed by atoms with E-state index in [1.165, 1.54) is 27.7 Å². The minimum Gasteiger partial charge on any atom is -0.377 e. The van der Waals surface area contributed by atoms with Crippen LogP contribution < -0.4 is 5.32 Å². The second-order valence-electron chi connectivity index (χ2n) is 4.75. The van der Waals surface area contributed by atoms with Gasteiger partial charge in [-0.1, -0.05) is 0 Å². The Morgan fingerprint density at radius 2 is 2.41 bits per heavy atom. The summed E-state index contributed by atoms with van der Waals surface area (Å²) in [5, 5.41) is 3.62. The van der Waals surface area contributed by atoms with Crippen molar-refractivity contribution in [3.05, 3.63) is 19.4 Å². The predicted octanol–water partition coefficient (Wildman–Crippen LogP) is 3.74. The molecule has 17 heavy (non-hydrogen) atoms. The van der Waals surface area contributed by atoms with Gasteiger partial charge in [0.1, 0.15) is 0 Å². The van der Waals surface area contributed by atoms with E-state index in [1.54, 1.807) is 4.88 Å². The van der Waals surface area contributed by atoms with Crippen molar-refractivity contribution in [3.63, 3.8) is 0 Å². The average molecular weight is 365 g/mol. The Morgan fingerprint density at radius 3 is 3.18 bits per heavy atom. The zero-order valence-corrected chi connectivity index (χ0v) is 13.4. The molecule has 1 aliphatic rings. The van der Waals surface area contributed by atoms with Crippen LogP contribution in [0, 0.1) is 2.88 Å². The van der Waals surface area contributed by atoms with E-state index in [1.807, 2.05) is 11.3 Å². The van der Waals surface area contributed by atoms with E-state index >= 15 is 0 Å². The molecule has 0 amide bonds. The molecule has 0 aliphatic heterocycles. The molecule has 0 saturated carbocycles. The third kappa shape index (κ3) is 3.91. The SMILES string of the molecule is CC(C)OCCNC1CCCc2sc(I)cc21. The van der Waals surface area contributed by atoms with Crippen molar-refractivity contribution in [3.8, 4) is 0 Å². The number of ether oxygens (including phenoxy) is 1. The van der Waals surface area contributed by atoms with E-state index < -0.39 is 0 Å². The third-order valence-electron chi connectivity index (χ3n) is 3.03. The highest BCUT2D eigenvalue weighted by atomic mass is 127. The van der Waals surface area contributed by atoms with Crippen LogP contribution in [0.4, 0.5) is 0 Å². The number of rotatable bonds is 5. The molecule has 0 saturated heterocycles. The summed E-state index contributed by atoms with van der Waals surface area (Å²) in [4.78, 5) is 1.59. The Labute approximate surface area is 121 Å². The molecule has 1 heterocycles. The van der Waals surface area contributed by atoms with Crippen LogP contribution in [-0.2, 0) is 11.2 Å². The molecular formula is C13H20INOS. The lowest BCUT2D eigenvalue weighted by atomic mass is 9.94. The fraction of sp³-hybridized carbons (Fsp3) is 0.692. The van der Waals surface area contributed by atoms with Gasteiger partial charge in [0.2, 0.25) is 0 Å². The molecule has 0 spiro atoms. The first-order chi connectivity index (χ1) is 8.16. The van der Waals surface area contributed by atoms with Crippen molar-refractivity contribution in [1.29, 1.82) is 0 Å². The van der Waals surface area contributed by atoms with Gasteiger partial charge >= 0.3 is 0 Å². The Bertz CT molecular complexity index is 364. The molecule has 0 bridgehead atoms. The normalized spacial score (nSPS) is 19.6. The van der Waals surface area contributed by atoms with Gasteiger partial charge in [-0.05, 0) is 67.3 Å². The van der Waals surface area contributed by atoms with E-state index in [-0.39, 0.29) is 0 Å². The first-order valence-corrected chi connectivity index (χ1v) is 8.19. The summed E-state index contributed by atoms with van der Waals surface area (Å²) >= 11 is 4.38. The van der Waals surface area contributed by atoms with Gasteiger partial charge in [0, 0.05) is 17.5 Å². The second kappa shape index (κ2) is 6.50. The quantitative estimate of drug-likeness (QED) is 0.634. The summed E-state index contributed by atoms with van der Waals surface area (Å²) in [7, 11) is 0. The largest absolute Gasteiger partial charge is 0.377 e. The standard InChI is InChI=1S/C13H20INOS/c1-9(2)16-7-6-15-11-4-3-5-12-10(11)8-13(14)17-12/h8-9,11,15H,3-7H2,1-2H3. The highest BCUT2D eigenvalue weighted by molar-refractivity contribution is 14.1. The Morgan fingerprint density at radius 1 is 1.59 bits per heavy atom. The van der Waals surface area contributed by atoms with Crippen LogP contribution in [0.5, 0.6) is 0 Å². The number of nitrogens with one attached hydrogen (secondary N) is 1. The van der Waals surface area contributed by atoms with Crippen molar-refractivity contribution >= 4 is 33.9 Å². The van der Waals surface area contributed by atoms with E-state index in [0.29, 0.717) is 12.1 Å². The van der Waals surface area contributed by atoms with Crippen LogP contribution in [0.1, 0.15) is 43.2 Å². The molecule has 1 atom stereocenters. The molecule has 1 aliphatic carbocycles. The van der Waals surface area contributed by atoms with Gasteiger partial charge in [-0.25, -0.2) is 0 Å². The molecule has 4 heteroatoms. The molecule has 0 aromatic carbocycles. The van der Waals surface area contributed by atoms with E-state index in [0.717, 1.165) is 13.2 Å². The lowest BCUT2D eigenvalue weighted by Crippen LogP contribution is -2.28. The van der Waals surface area contributed by atoms with Gasteiger partial charge in [-0.15, -0.1) is 11.3 Å². The molecule has 0 radical (unpaired) electrons. The Balaban J connectivity index is 1.86. The van der Waals surface area contributed by atoms with Gasteiger partial charge in [0.05, 0.1) is 15.6 Å². The smallest absolute Gasteiger partial charge is 0.0659 e. The molecular weight excluding hydrogens is 345 g/mol. The maximum Gasteiger partial charge on any atom is 0.0659 e. The molecule has 1 aromatic heterocycles. The van der Waals surface area contributed by atoms with Crippen LogP contribution >= 0.6 is 33.9 Å². The number of thiophene rings is 1. The summed E-state index contributed by atoms with van der Waals surface area (Å²) in [6.45, 7) is 5.93. The number of halogens is 1. The number of hydrogen-bond acceptors (Lipinski definition) is 3. The van der Waals surface area contributed by atoms with E-state index in [9.17, 15) is 0 Å². The third-order valence-corrected chi connectivity index (χ3v) is 5.00. The van der Waals surface area contributed by atoms with Gasteiger partial charge < -0.3 is 10.1 Å². The topological polar surface area (TPSA) is 21.3 Å². The van der Waals surface area contributed by atoms with Crippen molar-refractivity contribution < 1.29 is 4.74 Å². The van der Waals surface area contributed by atoms with Gasteiger partial charge in [0.25, 0.3) is 0 Å². The average Bonchev–Trinajstić information content (AvgIpc) is 2.65. The number of hydrogen-bond donors (Lipinski definition) is 1. The van der Waals surface area contributed by atoms with Crippen molar-refractivity contribution in [2.24, 2.45) is 0 Å². The maximum absolute atomic E-state index is 5.56. The lowest BCUT2D eigenvalue weighted by molar-refractivity contribution is 0.0790. The highest BCUT2D eigenvalue weighted by Crippen LogP contribution is 2.36. The van der Waals surface area contributed by atoms with Crippen molar-refractivity contribution in [2.45, 2.75) is 45.3 Å². The first-order valence-electron chi connectivity index (χ1n) is 6.30. The maximum atomic E-state index is 5.56.